The SMILES string of the molecule is O=C(NCc1ccccc1OC(F)F)c1ccnc(Cl)c1. The van der Waals surface area contributed by atoms with Gasteiger partial charge in [-0.25, -0.2) is 4.98 Å². The van der Waals surface area contributed by atoms with Crippen molar-refractivity contribution in [2.45, 2.75) is 13.2 Å². The molecule has 1 aromatic carbocycles. The molecule has 0 spiro atoms. The Kier molecular flexibility index (Phi) is 5.05. The lowest BCUT2D eigenvalue weighted by Gasteiger charge is -2.11. The third kappa shape index (κ3) is 4.39. The maximum atomic E-state index is 12.3. The minimum Gasteiger partial charge on any atom is -0.434 e. The second kappa shape index (κ2) is 6.99. The molecular weight excluding hydrogens is 302 g/mol. The molecule has 0 saturated heterocycles. The third-order valence-corrected chi connectivity index (χ3v) is 2.82. The smallest absolute Gasteiger partial charge is 0.387 e. The van der Waals surface area contributed by atoms with Crippen LogP contribution >= 0.6 is 11.6 Å². The molecule has 2 aromatic rings. The summed E-state index contributed by atoms with van der Waals surface area (Å²) in [7, 11) is 0. The van der Waals surface area contributed by atoms with E-state index in [2.05, 4.69) is 15.0 Å². The van der Waals surface area contributed by atoms with Crippen LogP contribution in [0.2, 0.25) is 5.15 Å². The van der Waals surface area contributed by atoms with Gasteiger partial charge >= 0.3 is 6.61 Å². The van der Waals surface area contributed by atoms with Crippen molar-refractivity contribution in [3.05, 3.63) is 58.9 Å². The van der Waals surface area contributed by atoms with Crippen LogP contribution in [0.3, 0.4) is 0 Å². The molecule has 21 heavy (non-hydrogen) atoms. The highest BCUT2D eigenvalue weighted by atomic mass is 35.5. The van der Waals surface area contributed by atoms with E-state index in [1.54, 1.807) is 18.2 Å². The van der Waals surface area contributed by atoms with E-state index in [1.165, 1.54) is 24.4 Å². The Bertz CT molecular complexity index is 638. The number of hydrogen-bond acceptors (Lipinski definition) is 3. The molecule has 1 aromatic heterocycles. The number of carbonyl (C=O) groups excluding carboxylic acids is 1. The quantitative estimate of drug-likeness (QED) is 0.862. The molecule has 0 saturated carbocycles. The highest BCUT2D eigenvalue weighted by molar-refractivity contribution is 6.29. The van der Waals surface area contributed by atoms with Crippen molar-refractivity contribution in [2.75, 3.05) is 0 Å². The molecule has 0 radical (unpaired) electrons. The summed E-state index contributed by atoms with van der Waals surface area (Å²) in [6.07, 6.45) is 1.41. The van der Waals surface area contributed by atoms with E-state index in [9.17, 15) is 13.6 Å². The Hall–Kier alpha value is -2.21. The van der Waals surface area contributed by atoms with Crippen molar-refractivity contribution in [1.29, 1.82) is 0 Å². The van der Waals surface area contributed by atoms with E-state index in [4.69, 9.17) is 11.6 Å². The third-order valence-electron chi connectivity index (χ3n) is 2.62. The number of ether oxygens (including phenoxy) is 1. The highest BCUT2D eigenvalue weighted by Gasteiger charge is 2.11. The monoisotopic (exact) mass is 312 g/mol. The molecule has 1 amide bonds. The van der Waals surface area contributed by atoms with Crippen LogP contribution in [0.4, 0.5) is 8.78 Å². The Labute approximate surface area is 124 Å². The van der Waals surface area contributed by atoms with Gasteiger partial charge in [0.25, 0.3) is 5.91 Å². The lowest BCUT2D eigenvalue weighted by Crippen LogP contribution is -2.23. The van der Waals surface area contributed by atoms with Gasteiger partial charge in [-0.1, -0.05) is 29.8 Å². The second-order valence-corrected chi connectivity index (χ2v) is 4.42. The maximum Gasteiger partial charge on any atom is 0.387 e. The van der Waals surface area contributed by atoms with Gasteiger partial charge in [-0.05, 0) is 18.2 Å². The molecule has 2 rings (SSSR count). The fraction of sp³-hybridized carbons (Fsp3) is 0.143. The molecule has 7 heteroatoms. The largest absolute Gasteiger partial charge is 0.434 e. The lowest BCUT2D eigenvalue weighted by atomic mass is 10.2. The summed E-state index contributed by atoms with van der Waals surface area (Å²) in [6, 6.07) is 9.17. The number of para-hydroxylation sites is 1. The summed E-state index contributed by atoms with van der Waals surface area (Å²) in [5, 5.41) is 2.80. The number of pyridine rings is 1. The van der Waals surface area contributed by atoms with Gasteiger partial charge in [0.2, 0.25) is 0 Å². The Balaban J connectivity index is 2.04. The first-order valence-electron chi connectivity index (χ1n) is 5.98. The predicted octanol–water partition coefficient (Wildman–Crippen LogP) is 3.27. The van der Waals surface area contributed by atoms with Crippen molar-refractivity contribution in [1.82, 2.24) is 10.3 Å². The number of alkyl halides is 2. The zero-order valence-corrected chi connectivity index (χ0v) is 11.5. The molecule has 4 nitrogen and oxygen atoms in total. The highest BCUT2D eigenvalue weighted by Crippen LogP contribution is 2.20. The molecule has 0 aliphatic carbocycles. The zero-order chi connectivity index (χ0) is 15.2. The number of nitrogens with one attached hydrogen (secondary N) is 1. The van der Waals surface area contributed by atoms with Crippen LogP contribution in [0, 0.1) is 0 Å². The number of hydrogen-bond donors (Lipinski definition) is 1. The predicted molar refractivity (Wildman–Crippen MR) is 73.5 cm³/mol. The van der Waals surface area contributed by atoms with Gasteiger partial charge in [0.05, 0.1) is 0 Å². The minimum absolute atomic E-state index is 0.0283. The molecule has 110 valence electrons. The zero-order valence-electron chi connectivity index (χ0n) is 10.7. The first-order chi connectivity index (χ1) is 10.1. The maximum absolute atomic E-state index is 12.3. The number of nitrogens with zero attached hydrogens (tertiary/aromatic N) is 1. The van der Waals surface area contributed by atoms with Crippen LogP contribution in [-0.4, -0.2) is 17.5 Å². The summed E-state index contributed by atoms with van der Waals surface area (Å²) >= 11 is 5.69. The van der Waals surface area contributed by atoms with Gasteiger partial charge in [0.15, 0.2) is 0 Å². The number of aromatic nitrogens is 1. The van der Waals surface area contributed by atoms with Gasteiger partial charge < -0.3 is 10.1 Å². The van der Waals surface area contributed by atoms with Crippen molar-refractivity contribution >= 4 is 17.5 Å². The van der Waals surface area contributed by atoms with Crippen molar-refractivity contribution in [3.63, 3.8) is 0 Å². The molecule has 0 fully saturated rings. The number of benzene rings is 1. The number of carbonyl (C=O) groups is 1. The van der Waals surface area contributed by atoms with Gasteiger partial charge in [0, 0.05) is 23.9 Å². The van der Waals surface area contributed by atoms with E-state index in [1.807, 2.05) is 0 Å². The number of amides is 1. The lowest BCUT2D eigenvalue weighted by molar-refractivity contribution is -0.0504. The molecule has 1 heterocycles. The van der Waals surface area contributed by atoms with E-state index in [0.717, 1.165) is 0 Å². The van der Waals surface area contributed by atoms with Gasteiger partial charge in [0.1, 0.15) is 10.9 Å². The average Bonchev–Trinajstić information content (AvgIpc) is 2.45. The summed E-state index contributed by atoms with van der Waals surface area (Å²) in [5.74, 6) is -0.355. The number of rotatable bonds is 5. The minimum atomic E-state index is -2.92. The summed E-state index contributed by atoms with van der Waals surface area (Å²) < 4.78 is 28.9. The second-order valence-electron chi connectivity index (χ2n) is 4.04. The molecule has 0 bridgehead atoms. The topological polar surface area (TPSA) is 51.2 Å². The van der Waals surface area contributed by atoms with E-state index < -0.39 is 6.61 Å². The first-order valence-corrected chi connectivity index (χ1v) is 6.36. The standard InChI is InChI=1S/C14H11ClF2N2O2/c15-12-7-9(5-6-18-12)13(20)19-8-10-3-1-2-4-11(10)21-14(16)17/h1-7,14H,8H2,(H,19,20). The van der Waals surface area contributed by atoms with Crippen molar-refractivity contribution in [3.8, 4) is 5.75 Å². The average molecular weight is 313 g/mol. The number of halogens is 3. The molecular formula is C14H11ClF2N2O2. The van der Waals surface area contributed by atoms with Crippen LogP contribution in [-0.2, 0) is 6.54 Å². The van der Waals surface area contributed by atoms with Crippen LogP contribution in [0.5, 0.6) is 5.75 Å². The van der Waals surface area contributed by atoms with Crippen LogP contribution in [0.15, 0.2) is 42.6 Å². The molecule has 0 aliphatic heterocycles. The van der Waals surface area contributed by atoms with Crippen LogP contribution < -0.4 is 10.1 Å². The van der Waals surface area contributed by atoms with E-state index in [0.29, 0.717) is 11.1 Å². The first kappa shape index (κ1) is 15.2. The molecule has 0 aliphatic rings. The van der Waals surface area contributed by atoms with Gasteiger partial charge in [-0.2, -0.15) is 8.78 Å². The Morgan fingerprint density at radius 3 is 2.81 bits per heavy atom. The van der Waals surface area contributed by atoms with Gasteiger partial charge in [-0.3, -0.25) is 4.79 Å². The van der Waals surface area contributed by atoms with Crippen molar-refractivity contribution in [2.24, 2.45) is 0 Å². The normalized spacial score (nSPS) is 10.5. The van der Waals surface area contributed by atoms with E-state index in [-0.39, 0.29) is 23.4 Å². The Morgan fingerprint density at radius 2 is 2.10 bits per heavy atom. The summed E-state index contributed by atoms with van der Waals surface area (Å²) in [4.78, 5) is 15.7. The molecule has 1 N–H and O–H groups in total. The van der Waals surface area contributed by atoms with Gasteiger partial charge in [-0.15, -0.1) is 0 Å². The molecule has 0 atom stereocenters. The Morgan fingerprint density at radius 1 is 1.33 bits per heavy atom. The molecule has 0 unspecified atom stereocenters. The van der Waals surface area contributed by atoms with E-state index >= 15 is 0 Å². The van der Waals surface area contributed by atoms with Crippen molar-refractivity contribution < 1.29 is 18.3 Å². The summed E-state index contributed by atoms with van der Waals surface area (Å²) in [6.45, 7) is -2.86. The summed E-state index contributed by atoms with van der Waals surface area (Å²) in [5.41, 5.74) is 0.786. The fourth-order valence-electron chi connectivity index (χ4n) is 1.68. The van der Waals surface area contributed by atoms with Crippen LogP contribution in [0.25, 0.3) is 0 Å². The van der Waals surface area contributed by atoms with Crippen LogP contribution in [0.1, 0.15) is 15.9 Å². The fourth-order valence-corrected chi connectivity index (χ4v) is 1.86.